The maximum absolute atomic E-state index is 6.83. The van der Waals surface area contributed by atoms with Crippen molar-refractivity contribution >= 4 is 11.6 Å². The first-order valence-electron chi connectivity index (χ1n) is 8.48. The summed E-state index contributed by atoms with van der Waals surface area (Å²) < 4.78 is 4.90. The maximum Gasteiger partial charge on any atom is 0.355 e. The van der Waals surface area contributed by atoms with Gasteiger partial charge < -0.3 is 0 Å². The van der Waals surface area contributed by atoms with E-state index < -0.39 is 0 Å². The van der Waals surface area contributed by atoms with Gasteiger partial charge in [-0.25, -0.2) is 9.13 Å². The molecule has 0 bridgehead atoms. The molecule has 2 saturated carbocycles. The minimum Gasteiger partial charge on any atom is -0.214 e. The molecule has 0 spiro atoms. The van der Waals surface area contributed by atoms with Crippen LogP contribution < -0.4 is 4.57 Å². The van der Waals surface area contributed by atoms with E-state index in [4.69, 9.17) is 11.6 Å². The number of imidazole rings is 1. The highest BCUT2D eigenvalue weighted by Gasteiger charge is 2.34. The van der Waals surface area contributed by atoms with Gasteiger partial charge in [0.2, 0.25) is 0 Å². The lowest BCUT2D eigenvalue weighted by molar-refractivity contribution is -0.728. The van der Waals surface area contributed by atoms with Crippen molar-refractivity contribution < 1.29 is 4.57 Å². The Morgan fingerprint density at radius 1 is 0.900 bits per heavy atom. The summed E-state index contributed by atoms with van der Waals surface area (Å²) in [7, 11) is 0. The predicted octanol–water partition coefficient (Wildman–Crippen LogP) is 5.06. The molecule has 2 aliphatic carbocycles. The Kier molecular flexibility index (Phi) is 4.40. The molecule has 0 unspecified atom stereocenters. The van der Waals surface area contributed by atoms with E-state index in [9.17, 15) is 0 Å². The summed E-state index contributed by atoms with van der Waals surface area (Å²) >= 11 is 6.83. The average Bonchev–Trinajstić information content (AvgIpc) is 2.71. The molecule has 2 fully saturated rings. The van der Waals surface area contributed by atoms with Gasteiger partial charge in [0.25, 0.3) is 0 Å². The second-order valence-corrected chi connectivity index (χ2v) is 7.10. The zero-order valence-electron chi connectivity index (χ0n) is 13.0. The van der Waals surface area contributed by atoms with Gasteiger partial charge in [-0.05, 0) is 51.4 Å². The zero-order valence-corrected chi connectivity index (χ0v) is 13.8. The van der Waals surface area contributed by atoms with E-state index in [-0.39, 0.29) is 0 Å². The molecule has 0 atom stereocenters. The van der Waals surface area contributed by atoms with E-state index >= 15 is 0 Å². The standard InChI is InChI=1S/C17H28ClN2/c1-13-14(2)20(16-11-7-4-8-12-16)17(18)19(13)15-9-5-3-6-10-15/h15-16H,3-12H2,1-2H3/q+1. The molecule has 3 rings (SSSR count). The van der Waals surface area contributed by atoms with Crippen molar-refractivity contribution in [1.82, 2.24) is 4.57 Å². The quantitative estimate of drug-likeness (QED) is 0.675. The molecule has 0 aromatic carbocycles. The maximum atomic E-state index is 6.83. The van der Waals surface area contributed by atoms with Gasteiger partial charge in [0.1, 0.15) is 23.5 Å². The fraction of sp³-hybridized carbons (Fsp3) is 0.824. The van der Waals surface area contributed by atoms with Gasteiger partial charge in [0.05, 0.1) is 0 Å². The lowest BCUT2D eigenvalue weighted by atomic mass is 9.95. The van der Waals surface area contributed by atoms with Crippen molar-refractivity contribution in [2.75, 3.05) is 0 Å². The highest BCUT2D eigenvalue weighted by atomic mass is 35.5. The smallest absolute Gasteiger partial charge is 0.214 e. The molecule has 0 radical (unpaired) electrons. The largest absolute Gasteiger partial charge is 0.355 e. The Balaban J connectivity index is 1.94. The van der Waals surface area contributed by atoms with Crippen molar-refractivity contribution in [2.24, 2.45) is 0 Å². The van der Waals surface area contributed by atoms with E-state index in [1.165, 1.54) is 75.6 Å². The molecule has 0 N–H and O–H groups in total. The number of halogens is 1. The van der Waals surface area contributed by atoms with Gasteiger partial charge in [0, 0.05) is 25.4 Å². The first-order valence-corrected chi connectivity index (χ1v) is 8.86. The first-order chi connectivity index (χ1) is 9.70. The molecule has 0 saturated heterocycles. The monoisotopic (exact) mass is 295 g/mol. The Morgan fingerprint density at radius 3 is 2.05 bits per heavy atom. The van der Waals surface area contributed by atoms with Crippen LogP contribution in [0.15, 0.2) is 0 Å². The lowest BCUT2D eigenvalue weighted by Crippen LogP contribution is -2.43. The third-order valence-electron chi connectivity index (χ3n) is 5.52. The SMILES string of the molecule is Cc1c(C)[n+](C2CCCCC2)c(Cl)n1C1CCCCC1. The highest BCUT2D eigenvalue weighted by molar-refractivity contribution is 6.27. The highest BCUT2D eigenvalue weighted by Crippen LogP contribution is 2.34. The Bertz CT molecular complexity index is 424. The molecule has 3 heteroatoms. The number of nitrogens with zero attached hydrogens (tertiary/aromatic N) is 2. The second kappa shape index (κ2) is 6.09. The number of hydrogen-bond donors (Lipinski definition) is 0. The van der Waals surface area contributed by atoms with Crippen LogP contribution in [0.5, 0.6) is 0 Å². The zero-order chi connectivity index (χ0) is 14.1. The molecule has 2 aliphatic rings. The van der Waals surface area contributed by atoms with Crippen LogP contribution in [0, 0.1) is 13.8 Å². The summed E-state index contributed by atoms with van der Waals surface area (Å²) in [4.78, 5) is 0. The van der Waals surface area contributed by atoms with E-state index in [1.54, 1.807) is 0 Å². The molecule has 20 heavy (non-hydrogen) atoms. The van der Waals surface area contributed by atoms with Crippen LogP contribution in [0.1, 0.15) is 87.7 Å². The molecule has 0 amide bonds. The molecule has 0 aliphatic heterocycles. The van der Waals surface area contributed by atoms with Crippen LogP contribution in [0.3, 0.4) is 0 Å². The summed E-state index contributed by atoms with van der Waals surface area (Å²) in [5.41, 5.74) is 2.79. The van der Waals surface area contributed by atoms with Crippen molar-refractivity contribution in [3.63, 3.8) is 0 Å². The summed E-state index contributed by atoms with van der Waals surface area (Å²) in [6.07, 6.45) is 13.5. The Morgan fingerprint density at radius 2 is 1.45 bits per heavy atom. The van der Waals surface area contributed by atoms with Crippen LogP contribution in [0.2, 0.25) is 5.28 Å². The fourth-order valence-corrected chi connectivity index (χ4v) is 4.80. The van der Waals surface area contributed by atoms with Gasteiger partial charge in [-0.2, -0.15) is 0 Å². The van der Waals surface area contributed by atoms with Crippen molar-refractivity contribution in [1.29, 1.82) is 0 Å². The van der Waals surface area contributed by atoms with Crippen molar-refractivity contribution in [3.8, 4) is 0 Å². The van der Waals surface area contributed by atoms with E-state index in [2.05, 4.69) is 23.0 Å². The number of aromatic nitrogens is 2. The molecule has 2 nitrogen and oxygen atoms in total. The normalized spacial score (nSPS) is 22.4. The van der Waals surface area contributed by atoms with Gasteiger partial charge >= 0.3 is 5.28 Å². The van der Waals surface area contributed by atoms with Gasteiger partial charge in [-0.1, -0.05) is 12.8 Å². The van der Waals surface area contributed by atoms with E-state index in [1.807, 2.05) is 0 Å². The van der Waals surface area contributed by atoms with Crippen LogP contribution in [-0.2, 0) is 0 Å². The van der Waals surface area contributed by atoms with E-state index in [0.29, 0.717) is 12.1 Å². The minimum atomic E-state index is 0.639. The predicted molar refractivity (Wildman–Crippen MR) is 83.4 cm³/mol. The second-order valence-electron chi connectivity index (χ2n) is 6.76. The fourth-order valence-electron chi connectivity index (χ4n) is 4.27. The average molecular weight is 296 g/mol. The van der Waals surface area contributed by atoms with E-state index in [0.717, 1.165) is 5.28 Å². The molecule has 112 valence electrons. The summed E-state index contributed by atoms with van der Waals surface area (Å²) in [5.74, 6) is 0. The molecule has 1 aromatic rings. The number of rotatable bonds is 2. The minimum absolute atomic E-state index is 0.639. The number of hydrogen-bond acceptors (Lipinski definition) is 0. The van der Waals surface area contributed by atoms with Gasteiger partial charge in [-0.3, -0.25) is 0 Å². The third-order valence-corrected chi connectivity index (χ3v) is 5.89. The molecule has 1 heterocycles. The molecule has 1 aromatic heterocycles. The molecular weight excluding hydrogens is 268 g/mol. The topological polar surface area (TPSA) is 8.81 Å². The Hall–Kier alpha value is -0.500. The van der Waals surface area contributed by atoms with Crippen molar-refractivity contribution in [3.05, 3.63) is 16.7 Å². The third kappa shape index (κ3) is 2.52. The summed E-state index contributed by atoms with van der Waals surface area (Å²) in [6.45, 7) is 4.52. The van der Waals surface area contributed by atoms with Crippen LogP contribution >= 0.6 is 11.6 Å². The van der Waals surface area contributed by atoms with Gasteiger partial charge in [0.15, 0.2) is 0 Å². The summed E-state index contributed by atoms with van der Waals surface area (Å²) in [5, 5.41) is 0.999. The lowest BCUT2D eigenvalue weighted by Gasteiger charge is -2.21. The van der Waals surface area contributed by atoms with Crippen LogP contribution in [-0.4, -0.2) is 4.57 Å². The first kappa shape index (κ1) is 14.4. The van der Waals surface area contributed by atoms with Crippen molar-refractivity contribution in [2.45, 2.75) is 90.1 Å². The summed E-state index contributed by atoms with van der Waals surface area (Å²) in [6, 6.07) is 1.28. The molecular formula is C17H28ClN2+. The van der Waals surface area contributed by atoms with Crippen LogP contribution in [0.25, 0.3) is 0 Å². The Labute approximate surface area is 128 Å². The van der Waals surface area contributed by atoms with Gasteiger partial charge in [-0.15, -0.1) is 0 Å². The van der Waals surface area contributed by atoms with Crippen LogP contribution in [0.4, 0.5) is 0 Å².